The number of hydrogen-bond acceptors (Lipinski definition) is 6. The van der Waals surface area contributed by atoms with E-state index in [1.165, 1.54) is 6.07 Å². The summed E-state index contributed by atoms with van der Waals surface area (Å²) in [4.78, 5) is 9.84. The van der Waals surface area contributed by atoms with Crippen molar-refractivity contribution in [3.63, 3.8) is 0 Å². The van der Waals surface area contributed by atoms with Crippen molar-refractivity contribution in [3.8, 4) is 0 Å². The molecule has 0 saturated heterocycles. The predicted octanol–water partition coefficient (Wildman–Crippen LogP) is 1.45. The zero-order valence-corrected chi connectivity index (χ0v) is 13.0. The number of nitrogens with one attached hydrogen (secondary N) is 2. The van der Waals surface area contributed by atoms with Crippen molar-refractivity contribution in [2.75, 3.05) is 12.0 Å². The monoisotopic (exact) mass is 316 g/mol. The van der Waals surface area contributed by atoms with Gasteiger partial charge in [-0.2, -0.15) is 0 Å². The topological polar surface area (TPSA) is 127 Å². The number of nitrogens with zero attached hydrogens (tertiary/aromatic N) is 1. The molecule has 8 nitrogen and oxygen atoms in total. The number of benzene rings is 1. The van der Waals surface area contributed by atoms with E-state index in [-0.39, 0.29) is 18.2 Å². The van der Waals surface area contributed by atoms with Crippen molar-refractivity contribution in [2.45, 2.75) is 25.7 Å². The van der Waals surface area contributed by atoms with Gasteiger partial charge in [0, 0.05) is 12.6 Å². The zero-order valence-electron chi connectivity index (χ0n) is 12.2. The van der Waals surface area contributed by atoms with Crippen LogP contribution in [-0.4, -0.2) is 19.9 Å². The first-order valence-electron chi connectivity index (χ1n) is 6.43. The van der Waals surface area contributed by atoms with Gasteiger partial charge < -0.3 is 5.43 Å². The minimum Gasteiger partial charge on any atom is -0.324 e. The Morgan fingerprint density at radius 3 is 2.43 bits per heavy atom. The van der Waals surface area contributed by atoms with E-state index in [1.54, 1.807) is 0 Å². The second-order valence-electron chi connectivity index (χ2n) is 5.16. The number of nitrogens with two attached hydrogens (primary N) is 1. The number of nitro benzene ring substituents is 1. The van der Waals surface area contributed by atoms with E-state index in [9.17, 15) is 18.5 Å². The molecule has 0 bridgehead atoms. The van der Waals surface area contributed by atoms with Crippen molar-refractivity contribution < 1.29 is 13.3 Å². The molecule has 0 spiro atoms. The molecule has 0 heterocycles. The van der Waals surface area contributed by atoms with Crippen molar-refractivity contribution in [2.24, 2.45) is 17.7 Å². The number of sulfonamides is 1. The van der Waals surface area contributed by atoms with E-state index in [2.05, 4.69) is 10.1 Å². The van der Waals surface area contributed by atoms with Crippen molar-refractivity contribution in [1.29, 1.82) is 0 Å². The van der Waals surface area contributed by atoms with E-state index in [4.69, 9.17) is 5.84 Å². The molecule has 1 rings (SSSR count). The molecule has 1 aromatic rings. The van der Waals surface area contributed by atoms with Gasteiger partial charge in [0.15, 0.2) is 4.90 Å². The van der Waals surface area contributed by atoms with Crippen molar-refractivity contribution >= 4 is 21.4 Å². The van der Waals surface area contributed by atoms with Gasteiger partial charge in [-0.15, -0.1) is 0 Å². The highest BCUT2D eigenvalue weighted by Crippen LogP contribution is 2.26. The average Bonchev–Trinajstić information content (AvgIpc) is 2.43. The summed E-state index contributed by atoms with van der Waals surface area (Å²) in [6.07, 6.45) is 0. The van der Waals surface area contributed by atoms with Gasteiger partial charge in [-0.25, -0.2) is 13.1 Å². The summed E-state index contributed by atoms with van der Waals surface area (Å²) in [5.41, 5.74) is 2.06. The third-order valence-corrected chi connectivity index (χ3v) is 4.80. The van der Waals surface area contributed by atoms with Gasteiger partial charge in [0.1, 0.15) is 0 Å². The number of anilines is 1. The first-order valence-corrected chi connectivity index (χ1v) is 7.92. The van der Waals surface area contributed by atoms with Crippen LogP contribution in [0.15, 0.2) is 23.1 Å². The smallest absolute Gasteiger partial charge is 0.289 e. The van der Waals surface area contributed by atoms with Crippen LogP contribution < -0.4 is 16.0 Å². The molecule has 21 heavy (non-hydrogen) atoms. The molecule has 0 saturated carbocycles. The predicted molar refractivity (Wildman–Crippen MR) is 80.1 cm³/mol. The van der Waals surface area contributed by atoms with Crippen LogP contribution in [0.4, 0.5) is 11.4 Å². The van der Waals surface area contributed by atoms with Gasteiger partial charge in [-0.3, -0.25) is 16.0 Å². The molecule has 0 aromatic heterocycles. The maximum Gasteiger partial charge on any atom is 0.289 e. The van der Waals surface area contributed by atoms with Gasteiger partial charge in [0.2, 0.25) is 10.0 Å². The van der Waals surface area contributed by atoms with Crippen LogP contribution >= 0.6 is 0 Å². The SMILES string of the molecule is CC(C)C(C)CNS(=O)(=O)c1cc(NN)ccc1[N+](=O)[O-]. The standard InChI is InChI=1S/C12H20N4O4S/c1-8(2)9(3)7-14-21(19,20)12-6-10(15-13)4-5-11(12)16(17)18/h4-6,8-9,14-15H,7,13H2,1-3H3. The Hall–Kier alpha value is -1.71. The fourth-order valence-electron chi connectivity index (χ4n) is 1.52. The summed E-state index contributed by atoms with van der Waals surface area (Å²) in [6.45, 7) is 6.05. The summed E-state index contributed by atoms with van der Waals surface area (Å²) >= 11 is 0. The molecular weight excluding hydrogens is 296 g/mol. The van der Waals surface area contributed by atoms with Gasteiger partial charge in [-0.05, 0) is 24.0 Å². The average molecular weight is 316 g/mol. The lowest BCUT2D eigenvalue weighted by Crippen LogP contribution is -2.30. The van der Waals surface area contributed by atoms with E-state index in [0.717, 1.165) is 12.1 Å². The number of rotatable bonds is 7. The van der Waals surface area contributed by atoms with Crippen LogP contribution in [0.25, 0.3) is 0 Å². The molecule has 0 aliphatic rings. The fraction of sp³-hybridized carbons (Fsp3) is 0.500. The number of nitrogen functional groups attached to an aromatic ring is 1. The maximum absolute atomic E-state index is 12.3. The Bertz CT molecular complexity index is 616. The summed E-state index contributed by atoms with van der Waals surface area (Å²) in [6, 6.07) is 3.59. The second kappa shape index (κ2) is 6.83. The lowest BCUT2D eigenvalue weighted by Gasteiger charge is -2.16. The second-order valence-corrected chi connectivity index (χ2v) is 6.89. The summed E-state index contributed by atoms with van der Waals surface area (Å²) in [5, 5.41) is 11.0. The molecule has 4 N–H and O–H groups in total. The molecule has 0 amide bonds. The Balaban J connectivity index is 3.14. The minimum absolute atomic E-state index is 0.106. The Morgan fingerprint density at radius 2 is 1.95 bits per heavy atom. The quantitative estimate of drug-likeness (QED) is 0.397. The van der Waals surface area contributed by atoms with Crippen LogP contribution in [-0.2, 0) is 10.0 Å². The maximum atomic E-state index is 12.3. The highest BCUT2D eigenvalue weighted by molar-refractivity contribution is 7.89. The zero-order chi connectivity index (χ0) is 16.2. The third-order valence-electron chi connectivity index (χ3n) is 3.35. The van der Waals surface area contributed by atoms with E-state index in [1.807, 2.05) is 20.8 Å². The van der Waals surface area contributed by atoms with Gasteiger partial charge in [-0.1, -0.05) is 20.8 Å². The fourth-order valence-corrected chi connectivity index (χ4v) is 2.86. The minimum atomic E-state index is -3.98. The molecule has 0 radical (unpaired) electrons. The van der Waals surface area contributed by atoms with Crippen molar-refractivity contribution in [3.05, 3.63) is 28.3 Å². The van der Waals surface area contributed by atoms with Gasteiger partial charge in [0.25, 0.3) is 5.69 Å². The molecule has 0 fully saturated rings. The highest BCUT2D eigenvalue weighted by atomic mass is 32.2. The largest absolute Gasteiger partial charge is 0.324 e. The van der Waals surface area contributed by atoms with E-state index in [0.29, 0.717) is 5.92 Å². The molecule has 9 heteroatoms. The molecule has 0 aliphatic carbocycles. The lowest BCUT2D eigenvalue weighted by atomic mass is 9.99. The highest BCUT2D eigenvalue weighted by Gasteiger charge is 2.26. The van der Waals surface area contributed by atoms with Gasteiger partial charge >= 0.3 is 0 Å². The molecule has 1 unspecified atom stereocenters. The Labute approximate surface area is 123 Å². The van der Waals surface area contributed by atoms with Crippen LogP contribution in [0.5, 0.6) is 0 Å². The van der Waals surface area contributed by atoms with Crippen LogP contribution in [0.3, 0.4) is 0 Å². The first kappa shape index (κ1) is 17.3. The number of hydrogen-bond donors (Lipinski definition) is 3. The van der Waals surface area contributed by atoms with Crippen LogP contribution in [0.1, 0.15) is 20.8 Å². The lowest BCUT2D eigenvalue weighted by molar-refractivity contribution is -0.387. The molecule has 118 valence electrons. The first-order chi connectivity index (χ1) is 9.69. The van der Waals surface area contributed by atoms with E-state index < -0.39 is 25.5 Å². The van der Waals surface area contributed by atoms with Gasteiger partial charge in [0.05, 0.1) is 10.6 Å². The summed E-state index contributed by atoms with van der Waals surface area (Å²) < 4.78 is 26.9. The number of hydrazine groups is 1. The van der Waals surface area contributed by atoms with Crippen LogP contribution in [0, 0.1) is 22.0 Å². The molecule has 0 aliphatic heterocycles. The molecule has 1 aromatic carbocycles. The Kier molecular flexibility index (Phi) is 5.64. The third kappa shape index (κ3) is 4.38. The molecular formula is C12H20N4O4S. The summed E-state index contributed by atoms with van der Waals surface area (Å²) in [7, 11) is -3.98. The Morgan fingerprint density at radius 1 is 1.33 bits per heavy atom. The summed E-state index contributed by atoms with van der Waals surface area (Å²) in [5.74, 6) is 5.61. The van der Waals surface area contributed by atoms with E-state index >= 15 is 0 Å². The molecule has 1 atom stereocenters. The van der Waals surface area contributed by atoms with Crippen molar-refractivity contribution in [1.82, 2.24) is 4.72 Å². The van der Waals surface area contributed by atoms with Crippen LogP contribution in [0.2, 0.25) is 0 Å². The normalized spacial score (nSPS) is 13.2. The number of nitro groups is 1.